The molecule has 104 valence electrons. The molecule has 2 atom stereocenters. The first-order chi connectivity index (χ1) is 9.18. The summed E-state index contributed by atoms with van der Waals surface area (Å²) in [6.45, 7) is 3.92. The van der Waals surface area contributed by atoms with E-state index in [9.17, 15) is 9.90 Å². The molecule has 0 aromatic heterocycles. The molecule has 4 heteroatoms. The van der Waals surface area contributed by atoms with Gasteiger partial charge in [0.2, 0.25) is 5.91 Å². The molecular weight excluding hydrogens is 240 g/mol. The van der Waals surface area contributed by atoms with Crippen LogP contribution in [0, 0.1) is 0 Å². The van der Waals surface area contributed by atoms with Gasteiger partial charge in [0.1, 0.15) is 0 Å². The molecule has 1 heterocycles. The molecule has 4 nitrogen and oxygen atoms in total. The van der Waals surface area contributed by atoms with E-state index in [1.54, 1.807) is 6.92 Å². The number of fused-ring (bicyclic) bond motifs is 1. The number of aliphatic hydroxyl groups is 1. The molecule has 1 aromatic carbocycles. The van der Waals surface area contributed by atoms with Crippen LogP contribution in [0.3, 0.4) is 0 Å². The van der Waals surface area contributed by atoms with Crippen molar-refractivity contribution in [1.82, 2.24) is 10.6 Å². The molecule has 19 heavy (non-hydrogen) atoms. The molecule has 0 aliphatic carbocycles. The van der Waals surface area contributed by atoms with Crippen LogP contribution < -0.4 is 10.6 Å². The Bertz CT molecular complexity index is 432. The molecule has 0 bridgehead atoms. The van der Waals surface area contributed by atoms with Crippen molar-refractivity contribution in [2.75, 3.05) is 13.1 Å². The number of nitrogens with one attached hydrogen (secondary N) is 2. The van der Waals surface area contributed by atoms with Crippen molar-refractivity contribution in [3.8, 4) is 0 Å². The van der Waals surface area contributed by atoms with Crippen molar-refractivity contribution in [1.29, 1.82) is 0 Å². The highest BCUT2D eigenvalue weighted by molar-refractivity contribution is 5.84. The van der Waals surface area contributed by atoms with Gasteiger partial charge in [-0.1, -0.05) is 24.3 Å². The normalized spacial score (nSPS) is 19.6. The van der Waals surface area contributed by atoms with Gasteiger partial charge in [-0.3, -0.25) is 4.79 Å². The topological polar surface area (TPSA) is 61.4 Å². The lowest BCUT2D eigenvalue weighted by Gasteiger charge is -2.25. The number of hydrogen-bond donors (Lipinski definition) is 3. The van der Waals surface area contributed by atoms with E-state index in [1.807, 2.05) is 18.2 Å². The second-order valence-corrected chi connectivity index (χ2v) is 5.16. The van der Waals surface area contributed by atoms with Gasteiger partial charge in [-0.05, 0) is 30.9 Å². The fourth-order valence-corrected chi connectivity index (χ4v) is 2.46. The number of carbonyl (C=O) groups excluding carboxylic acids is 1. The van der Waals surface area contributed by atoms with E-state index in [-0.39, 0.29) is 17.9 Å². The zero-order chi connectivity index (χ0) is 13.7. The fraction of sp³-hybridized carbons (Fsp3) is 0.533. The number of benzene rings is 1. The van der Waals surface area contributed by atoms with Crippen molar-refractivity contribution in [3.63, 3.8) is 0 Å². The summed E-state index contributed by atoms with van der Waals surface area (Å²) in [5, 5.41) is 15.4. The third-order valence-corrected chi connectivity index (χ3v) is 3.51. The van der Waals surface area contributed by atoms with Gasteiger partial charge in [0.15, 0.2) is 0 Å². The van der Waals surface area contributed by atoms with Gasteiger partial charge in [0, 0.05) is 19.6 Å². The first-order valence-corrected chi connectivity index (χ1v) is 6.93. The van der Waals surface area contributed by atoms with Crippen LogP contribution in [0.25, 0.3) is 0 Å². The first-order valence-electron chi connectivity index (χ1n) is 6.93. The van der Waals surface area contributed by atoms with Crippen LogP contribution in [0.1, 0.15) is 36.8 Å². The Labute approximate surface area is 114 Å². The molecule has 1 amide bonds. The lowest BCUT2D eigenvalue weighted by molar-refractivity contribution is -0.122. The third-order valence-electron chi connectivity index (χ3n) is 3.51. The predicted octanol–water partition coefficient (Wildman–Crippen LogP) is 1.15. The van der Waals surface area contributed by atoms with Gasteiger partial charge in [-0.2, -0.15) is 0 Å². The van der Waals surface area contributed by atoms with Gasteiger partial charge >= 0.3 is 0 Å². The van der Waals surface area contributed by atoms with Crippen molar-refractivity contribution in [2.24, 2.45) is 0 Å². The van der Waals surface area contributed by atoms with Crippen LogP contribution in [-0.2, 0) is 11.3 Å². The average Bonchev–Trinajstić information content (AvgIpc) is 2.42. The maximum absolute atomic E-state index is 12.2. The number of aliphatic hydroxyl groups excluding tert-OH is 1. The highest BCUT2D eigenvalue weighted by atomic mass is 16.3. The molecule has 0 fully saturated rings. The lowest BCUT2D eigenvalue weighted by atomic mass is 9.90. The predicted molar refractivity (Wildman–Crippen MR) is 74.8 cm³/mol. The van der Waals surface area contributed by atoms with Gasteiger partial charge in [0.05, 0.1) is 12.0 Å². The van der Waals surface area contributed by atoms with E-state index >= 15 is 0 Å². The maximum Gasteiger partial charge on any atom is 0.228 e. The monoisotopic (exact) mass is 262 g/mol. The van der Waals surface area contributed by atoms with E-state index in [1.165, 1.54) is 5.56 Å². The average molecular weight is 262 g/mol. The van der Waals surface area contributed by atoms with Crippen LogP contribution in [0.5, 0.6) is 0 Å². The minimum Gasteiger partial charge on any atom is -0.393 e. The minimum atomic E-state index is -0.297. The second-order valence-electron chi connectivity index (χ2n) is 5.16. The van der Waals surface area contributed by atoms with Crippen molar-refractivity contribution >= 4 is 5.91 Å². The maximum atomic E-state index is 12.2. The van der Waals surface area contributed by atoms with Crippen LogP contribution in [0.15, 0.2) is 24.3 Å². The third kappa shape index (κ3) is 3.78. The summed E-state index contributed by atoms with van der Waals surface area (Å²) in [6, 6.07) is 8.09. The SMILES string of the molecule is CC(O)CCCNC(=O)C1CNCc2ccccc21. The van der Waals surface area contributed by atoms with E-state index in [0.717, 1.165) is 24.9 Å². The molecule has 0 radical (unpaired) electrons. The summed E-state index contributed by atoms with van der Waals surface area (Å²) in [5.74, 6) is -0.0262. The zero-order valence-corrected chi connectivity index (χ0v) is 11.4. The van der Waals surface area contributed by atoms with Crippen LogP contribution >= 0.6 is 0 Å². The molecule has 1 aliphatic rings. The standard InChI is InChI=1S/C15H22N2O2/c1-11(18)5-4-8-17-15(19)14-10-16-9-12-6-2-3-7-13(12)14/h2-3,6-7,11,14,16,18H,4-5,8-10H2,1H3,(H,17,19). The number of carbonyl (C=O) groups is 1. The van der Waals surface area contributed by atoms with Crippen molar-refractivity contribution in [3.05, 3.63) is 35.4 Å². The Morgan fingerprint density at radius 3 is 3.11 bits per heavy atom. The quantitative estimate of drug-likeness (QED) is 0.698. The molecule has 1 aromatic rings. The van der Waals surface area contributed by atoms with Crippen LogP contribution in [-0.4, -0.2) is 30.2 Å². The molecule has 0 spiro atoms. The summed E-state index contributed by atoms with van der Waals surface area (Å²) < 4.78 is 0. The summed E-state index contributed by atoms with van der Waals surface area (Å²) in [6.07, 6.45) is 1.24. The molecule has 1 aliphatic heterocycles. The highest BCUT2D eigenvalue weighted by Crippen LogP contribution is 2.23. The fourth-order valence-electron chi connectivity index (χ4n) is 2.46. The number of hydrogen-bond acceptors (Lipinski definition) is 3. The molecule has 0 saturated heterocycles. The Morgan fingerprint density at radius 1 is 1.53 bits per heavy atom. The molecule has 3 N–H and O–H groups in total. The van der Waals surface area contributed by atoms with Gasteiger partial charge in [0.25, 0.3) is 0 Å². The smallest absolute Gasteiger partial charge is 0.228 e. The summed E-state index contributed by atoms with van der Waals surface area (Å²) in [5.41, 5.74) is 2.34. The Morgan fingerprint density at radius 2 is 2.32 bits per heavy atom. The Balaban J connectivity index is 1.90. The van der Waals surface area contributed by atoms with Crippen LogP contribution in [0.4, 0.5) is 0 Å². The van der Waals surface area contributed by atoms with Gasteiger partial charge < -0.3 is 15.7 Å². The Kier molecular flexibility index (Phi) is 4.93. The molecule has 2 rings (SSSR count). The van der Waals surface area contributed by atoms with E-state index in [4.69, 9.17) is 0 Å². The van der Waals surface area contributed by atoms with Crippen LogP contribution in [0.2, 0.25) is 0 Å². The largest absolute Gasteiger partial charge is 0.393 e. The number of amides is 1. The van der Waals surface area contributed by atoms with Gasteiger partial charge in [-0.25, -0.2) is 0 Å². The lowest BCUT2D eigenvalue weighted by Crippen LogP contribution is -2.39. The molecule has 2 unspecified atom stereocenters. The van der Waals surface area contributed by atoms with Gasteiger partial charge in [-0.15, -0.1) is 0 Å². The summed E-state index contributed by atoms with van der Waals surface area (Å²) in [7, 11) is 0. The Hall–Kier alpha value is -1.39. The summed E-state index contributed by atoms with van der Waals surface area (Å²) >= 11 is 0. The number of rotatable bonds is 5. The summed E-state index contributed by atoms with van der Waals surface area (Å²) in [4.78, 5) is 12.2. The first kappa shape index (κ1) is 14.0. The van der Waals surface area contributed by atoms with E-state index in [2.05, 4.69) is 16.7 Å². The van der Waals surface area contributed by atoms with Crippen molar-refractivity contribution in [2.45, 2.75) is 38.3 Å². The van der Waals surface area contributed by atoms with E-state index in [0.29, 0.717) is 13.1 Å². The van der Waals surface area contributed by atoms with Crippen molar-refractivity contribution < 1.29 is 9.90 Å². The second kappa shape index (κ2) is 6.68. The molecule has 0 saturated carbocycles. The minimum absolute atomic E-state index is 0.0743. The highest BCUT2D eigenvalue weighted by Gasteiger charge is 2.25. The molecular formula is C15H22N2O2. The van der Waals surface area contributed by atoms with E-state index < -0.39 is 0 Å². The zero-order valence-electron chi connectivity index (χ0n) is 11.4.